The van der Waals surface area contributed by atoms with Crippen molar-refractivity contribution in [1.29, 1.82) is 0 Å². The number of carbonyl (C=O) groups is 1. The molecule has 3 N–H and O–H groups in total. The van der Waals surface area contributed by atoms with Gasteiger partial charge >= 0.3 is 0 Å². The number of rotatable bonds is 4. The molecule has 0 aromatic heterocycles. The first kappa shape index (κ1) is 15.9. The third-order valence-corrected chi connectivity index (χ3v) is 2.72. The minimum atomic E-state index is -0.526. The van der Waals surface area contributed by atoms with Gasteiger partial charge in [-0.15, -0.1) is 12.4 Å². The van der Waals surface area contributed by atoms with Gasteiger partial charge in [0.2, 0.25) is 5.91 Å². The molecule has 0 bridgehead atoms. The average molecular weight is 257 g/mol. The molecule has 1 amide bonds. The van der Waals surface area contributed by atoms with Crippen molar-refractivity contribution in [3.05, 3.63) is 29.8 Å². The lowest BCUT2D eigenvalue weighted by atomic mass is 9.92. The van der Waals surface area contributed by atoms with Crippen LogP contribution in [0.5, 0.6) is 0 Å². The Morgan fingerprint density at radius 1 is 1.41 bits per heavy atom. The summed E-state index contributed by atoms with van der Waals surface area (Å²) in [4.78, 5) is 11.9. The van der Waals surface area contributed by atoms with E-state index in [1.807, 2.05) is 38.1 Å². The van der Waals surface area contributed by atoms with E-state index in [2.05, 4.69) is 12.2 Å². The van der Waals surface area contributed by atoms with Crippen LogP contribution in [0.2, 0.25) is 0 Å². The largest absolute Gasteiger partial charge is 0.329 e. The molecule has 1 aromatic rings. The number of nitrogens with two attached hydrogens (primary N) is 1. The number of hydrogen-bond acceptors (Lipinski definition) is 2. The lowest BCUT2D eigenvalue weighted by Crippen LogP contribution is -2.37. The Morgan fingerprint density at radius 3 is 2.59 bits per heavy atom. The molecule has 0 heterocycles. The Morgan fingerprint density at radius 2 is 2.06 bits per heavy atom. The third-order valence-electron chi connectivity index (χ3n) is 2.72. The summed E-state index contributed by atoms with van der Waals surface area (Å²) in [7, 11) is 0. The number of carbonyl (C=O) groups excluding carboxylic acids is 1. The smallest absolute Gasteiger partial charge is 0.231 e. The van der Waals surface area contributed by atoms with Crippen molar-refractivity contribution in [2.45, 2.75) is 27.2 Å². The second-order valence-corrected chi connectivity index (χ2v) is 4.60. The first-order valence-corrected chi connectivity index (χ1v) is 5.60. The summed E-state index contributed by atoms with van der Waals surface area (Å²) in [5.74, 6) is -0.0387. The van der Waals surface area contributed by atoms with Crippen LogP contribution in [0.15, 0.2) is 24.3 Å². The first-order chi connectivity index (χ1) is 7.49. The van der Waals surface area contributed by atoms with Crippen LogP contribution in [0.4, 0.5) is 5.69 Å². The van der Waals surface area contributed by atoms with Gasteiger partial charge in [0.25, 0.3) is 0 Å². The summed E-state index contributed by atoms with van der Waals surface area (Å²) in [5.41, 5.74) is 7.08. The SMILES string of the molecule is CCc1cccc(NC(=O)C(C)(C)CN)c1.Cl. The van der Waals surface area contributed by atoms with Crippen molar-refractivity contribution < 1.29 is 4.79 Å². The molecule has 17 heavy (non-hydrogen) atoms. The fourth-order valence-corrected chi connectivity index (χ4v) is 1.26. The van der Waals surface area contributed by atoms with Gasteiger partial charge in [-0.2, -0.15) is 0 Å². The minimum Gasteiger partial charge on any atom is -0.329 e. The van der Waals surface area contributed by atoms with Gasteiger partial charge in [-0.3, -0.25) is 4.79 Å². The summed E-state index contributed by atoms with van der Waals surface area (Å²) in [6, 6.07) is 7.88. The Labute approximate surface area is 109 Å². The van der Waals surface area contributed by atoms with Crippen molar-refractivity contribution in [1.82, 2.24) is 0 Å². The van der Waals surface area contributed by atoms with Gasteiger partial charge in [0, 0.05) is 12.2 Å². The summed E-state index contributed by atoms with van der Waals surface area (Å²) in [6.07, 6.45) is 0.962. The van der Waals surface area contributed by atoms with E-state index in [0.717, 1.165) is 12.1 Å². The van der Waals surface area contributed by atoms with E-state index in [9.17, 15) is 4.79 Å². The molecule has 4 heteroatoms. The molecule has 1 rings (SSSR count). The van der Waals surface area contributed by atoms with Crippen LogP contribution in [0.25, 0.3) is 0 Å². The van der Waals surface area contributed by atoms with Crippen molar-refractivity contribution in [2.75, 3.05) is 11.9 Å². The maximum absolute atomic E-state index is 11.9. The minimum absolute atomic E-state index is 0. The fourth-order valence-electron chi connectivity index (χ4n) is 1.26. The molecule has 0 aliphatic heterocycles. The molecular formula is C13H21ClN2O. The van der Waals surface area contributed by atoms with E-state index in [-0.39, 0.29) is 18.3 Å². The highest BCUT2D eigenvalue weighted by Gasteiger charge is 2.25. The van der Waals surface area contributed by atoms with E-state index in [1.165, 1.54) is 5.56 Å². The number of halogens is 1. The maximum atomic E-state index is 11.9. The highest BCUT2D eigenvalue weighted by molar-refractivity contribution is 5.95. The number of hydrogen-bond donors (Lipinski definition) is 2. The molecule has 96 valence electrons. The predicted molar refractivity (Wildman–Crippen MR) is 74.5 cm³/mol. The van der Waals surface area contributed by atoms with E-state index in [4.69, 9.17) is 5.73 Å². The number of amides is 1. The van der Waals surface area contributed by atoms with Crippen molar-refractivity contribution in [3.8, 4) is 0 Å². The highest BCUT2D eigenvalue weighted by atomic mass is 35.5. The topological polar surface area (TPSA) is 55.1 Å². The van der Waals surface area contributed by atoms with E-state index < -0.39 is 5.41 Å². The zero-order chi connectivity index (χ0) is 12.2. The monoisotopic (exact) mass is 256 g/mol. The highest BCUT2D eigenvalue weighted by Crippen LogP contribution is 2.18. The van der Waals surface area contributed by atoms with Crippen LogP contribution >= 0.6 is 12.4 Å². The average Bonchev–Trinajstić information content (AvgIpc) is 2.29. The second kappa shape index (κ2) is 6.62. The van der Waals surface area contributed by atoms with Crippen LogP contribution in [-0.4, -0.2) is 12.5 Å². The molecule has 0 unspecified atom stereocenters. The molecule has 0 fully saturated rings. The zero-order valence-electron chi connectivity index (χ0n) is 10.6. The number of benzene rings is 1. The molecule has 0 radical (unpaired) electrons. The molecule has 0 aliphatic rings. The van der Waals surface area contributed by atoms with Gasteiger partial charge < -0.3 is 11.1 Å². The van der Waals surface area contributed by atoms with Crippen LogP contribution in [0, 0.1) is 5.41 Å². The van der Waals surface area contributed by atoms with Gasteiger partial charge in [-0.25, -0.2) is 0 Å². The van der Waals surface area contributed by atoms with Gasteiger partial charge in [0.15, 0.2) is 0 Å². The lowest BCUT2D eigenvalue weighted by Gasteiger charge is -2.21. The van der Waals surface area contributed by atoms with Crippen LogP contribution in [0.1, 0.15) is 26.3 Å². The quantitative estimate of drug-likeness (QED) is 0.870. The summed E-state index contributed by atoms with van der Waals surface area (Å²) in [6.45, 7) is 6.11. The normalized spacial score (nSPS) is 10.6. The maximum Gasteiger partial charge on any atom is 0.231 e. The van der Waals surface area contributed by atoms with E-state index >= 15 is 0 Å². The van der Waals surface area contributed by atoms with E-state index in [1.54, 1.807) is 0 Å². The Bertz CT molecular complexity index is 377. The molecule has 1 aromatic carbocycles. The molecular weight excluding hydrogens is 236 g/mol. The van der Waals surface area contributed by atoms with Crippen LogP contribution < -0.4 is 11.1 Å². The fraction of sp³-hybridized carbons (Fsp3) is 0.462. The van der Waals surface area contributed by atoms with Crippen LogP contribution in [-0.2, 0) is 11.2 Å². The summed E-state index contributed by atoms with van der Waals surface area (Å²) < 4.78 is 0. The predicted octanol–water partition coefficient (Wildman–Crippen LogP) is 2.59. The lowest BCUT2D eigenvalue weighted by molar-refractivity contribution is -0.123. The molecule has 0 atom stereocenters. The van der Waals surface area contributed by atoms with E-state index in [0.29, 0.717) is 6.54 Å². The molecule has 0 saturated heterocycles. The number of nitrogens with one attached hydrogen (secondary N) is 1. The van der Waals surface area contributed by atoms with Crippen molar-refractivity contribution >= 4 is 24.0 Å². The van der Waals surface area contributed by atoms with Gasteiger partial charge in [-0.05, 0) is 38.0 Å². The van der Waals surface area contributed by atoms with Crippen molar-refractivity contribution in [3.63, 3.8) is 0 Å². The van der Waals surface area contributed by atoms with Gasteiger partial charge in [-0.1, -0.05) is 19.1 Å². The standard InChI is InChI=1S/C13H20N2O.ClH/c1-4-10-6-5-7-11(8-10)15-12(16)13(2,3)9-14;/h5-8H,4,9,14H2,1-3H3,(H,15,16);1H. The Balaban J connectivity index is 0.00000256. The summed E-state index contributed by atoms with van der Waals surface area (Å²) in [5, 5.41) is 2.89. The van der Waals surface area contributed by atoms with Gasteiger partial charge in [0.1, 0.15) is 0 Å². The van der Waals surface area contributed by atoms with Crippen molar-refractivity contribution in [2.24, 2.45) is 11.1 Å². The molecule has 0 saturated carbocycles. The number of aryl methyl sites for hydroxylation is 1. The Hall–Kier alpha value is -1.06. The second-order valence-electron chi connectivity index (χ2n) is 4.60. The Kier molecular flexibility index (Phi) is 6.21. The third kappa shape index (κ3) is 4.36. The first-order valence-electron chi connectivity index (χ1n) is 5.60. The summed E-state index contributed by atoms with van der Waals surface area (Å²) >= 11 is 0. The molecule has 3 nitrogen and oxygen atoms in total. The molecule has 0 aliphatic carbocycles. The zero-order valence-corrected chi connectivity index (χ0v) is 11.4. The number of anilines is 1. The van der Waals surface area contributed by atoms with Crippen LogP contribution in [0.3, 0.4) is 0 Å². The molecule has 0 spiro atoms. The van der Waals surface area contributed by atoms with Gasteiger partial charge in [0.05, 0.1) is 5.41 Å².